The van der Waals surface area contributed by atoms with E-state index in [4.69, 9.17) is 0 Å². The molecule has 2 nitrogen and oxygen atoms in total. The van der Waals surface area contributed by atoms with Crippen LogP contribution in [0.2, 0.25) is 0 Å². The van der Waals surface area contributed by atoms with Crippen LogP contribution in [-0.2, 0) is 0 Å². The average molecular weight is 357 g/mol. The summed E-state index contributed by atoms with van der Waals surface area (Å²) >= 11 is 2.37. The minimum Gasteiger partial charge on any atom is -0.396 e. The molecule has 3 rings (SSSR count). The van der Waals surface area contributed by atoms with Crippen LogP contribution in [0.1, 0.15) is 25.7 Å². The summed E-state index contributed by atoms with van der Waals surface area (Å²) in [7, 11) is 2.23. The van der Waals surface area contributed by atoms with Crippen LogP contribution in [-0.4, -0.2) is 35.7 Å². The van der Waals surface area contributed by atoms with Gasteiger partial charge >= 0.3 is 0 Å². The van der Waals surface area contributed by atoms with Crippen molar-refractivity contribution < 1.29 is 5.11 Å². The third kappa shape index (κ3) is 2.10. The zero-order chi connectivity index (χ0) is 12.7. The third-order valence-corrected chi connectivity index (χ3v) is 5.63. The van der Waals surface area contributed by atoms with Gasteiger partial charge in [-0.25, -0.2) is 0 Å². The van der Waals surface area contributed by atoms with Crippen LogP contribution in [0.4, 0.5) is 0 Å². The van der Waals surface area contributed by atoms with Gasteiger partial charge in [-0.1, -0.05) is 17.7 Å². The first-order valence-corrected chi connectivity index (χ1v) is 7.87. The lowest BCUT2D eigenvalue weighted by atomic mass is 9.81. The van der Waals surface area contributed by atoms with Crippen LogP contribution >= 0.6 is 22.6 Å². The molecule has 0 aromatic rings. The first kappa shape index (κ1) is 12.9. The Bertz CT molecular complexity index is 438. The number of rotatable bonds is 1. The molecule has 0 aromatic carbocycles. The van der Waals surface area contributed by atoms with E-state index >= 15 is 0 Å². The van der Waals surface area contributed by atoms with Crippen molar-refractivity contribution in [3.8, 4) is 0 Å². The highest BCUT2D eigenvalue weighted by Gasteiger charge is 2.42. The summed E-state index contributed by atoms with van der Waals surface area (Å²) < 4.78 is 1.33. The van der Waals surface area contributed by atoms with Crippen LogP contribution < -0.4 is 0 Å². The Balaban J connectivity index is 1.93. The predicted octanol–water partition coefficient (Wildman–Crippen LogP) is 3.04. The highest BCUT2D eigenvalue weighted by molar-refractivity contribution is 14.1. The van der Waals surface area contributed by atoms with Crippen molar-refractivity contribution >= 4 is 22.6 Å². The van der Waals surface area contributed by atoms with Gasteiger partial charge in [0, 0.05) is 21.6 Å². The molecule has 0 radical (unpaired) electrons. The van der Waals surface area contributed by atoms with E-state index in [0.717, 1.165) is 12.8 Å². The molecule has 98 valence electrons. The Hall–Kier alpha value is -0.130. The Morgan fingerprint density at radius 2 is 2.22 bits per heavy atom. The van der Waals surface area contributed by atoms with Gasteiger partial charge < -0.3 is 5.11 Å². The van der Waals surface area contributed by atoms with Crippen molar-refractivity contribution in [1.82, 2.24) is 4.90 Å². The Morgan fingerprint density at radius 3 is 2.89 bits per heavy atom. The smallest absolute Gasteiger partial charge is 0.0511 e. The average Bonchev–Trinajstić information content (AvgIpc) is 2.63. The summed E-state index contributed by atoms with van der Waals surface area (Å²) in [6, 6.07) is 1.27. The van der Waals surface area contributed by atoms with Crippen molar-refractivity contribution in [1.29, 1.82) is 0 Å². The maximum Gasteiger partial charge on any atom is 0.0511 e. The third-order valence-electron chi connectivity index (χ3n) is 4.83. The van der Waals surface area contributed by atoms with Gasteiger partial charge in [0.2, 0.25) is 0 Å². The summed E-state index contributed by atoms with van der Waals surface area (Å²) in [6.07, 6.45) is 11.5. The minimum absolute atomic E-state index is 0.301. The lowest BCUT2D eigenvalue weighted by Crippen LogP contribution is -2.44. The fourth-order valence-electron chi connectivity index (χ4n) is 3.77. The minimum atomic E-state index is 0.301. The predicted molar refractivity (Wildman–Crippen MR) is 82.7 cm³/mol. The SMILES string of the molecule is CN1C2CCC1C(CO)/C(=C1/C=CC(I)=CC1)C2. The molecule has 0 aromatic heterocycles. The van der Waals surface area contributed by atoms with Crippen molar-refractivity contribution in [3.63, 3.8) is 0 Å². The molecule has 3 aliphatic rings. The number of aliphatic hydroxyl groups is 1. The first-order chi connectivity index (χ1) is 8.70. The Kier molecular flexibility index (Phi) is 3.65. The first-order valence-electron chi connectivity index (χ1n) is 6.79. The van der Waals surface area contributed by atoms with Crippen LogP contribution in [0, 0.1) is 5.92 Å². The summed E-state index contributed by atoms with van der Waals surface area (Å²) in [4.78, 5) is 2.50. The molecule has 1 aliphatic carbocycles. The fraction of sp³-hybridized carbons (Fsp3) is 0.600. The number of fused-ring (bicyclic) bond motifs is 2. The summed E-state index contributed by atoms with van der Waals surface area (Å²) in [5.74, 6) is 0.359. The van der Waals surface area contributed by atoms with Gasteiger partial charge in [-0.3, -0.25) is 4.90 Å². The second-order valence-electron chi connectivity index (χ2n) is 5.63. The Labute approximate surface area is 123 Å². The topological polar surface area (TPSA) is 23.5 Å². The maximum atomic E-state index is 9.78. The molecule has 1 N–H and O–H groups in total. The fourth-order valence-corrected chi connectivity index (χ4v) is 4.17. The zero-order valence-corrected chi connectivity index (χ0v) is 12.9. The van der Waals surface area contributed by atoms with Crippen LogP contribution in [0.5, 0.6) is 0 Å². The molecule has 2 bridgehead atoms. The largest absolute Gasteiger partial charge is 0.396 e. The molecule has 2 saturated heterocycles. The molecule has 3 heteroatoms. The maximum absolute atomic E-state index is 9.78. The van der Waals surface area contributed by atoms with E-state index < -0.39 is 0 Å². The van der Waals surface area contributed by atoms with E-state index in [9.17, 15) is 5.11 Å². The highest BCUT2D eigenvalue weighted by atomic mass is 127. The second kappa shape index (κ2) is 5.10. The molecule has 18 heavy (non-hydrogen) atoms. The lowest BCUT2D eigenvalue weighted by molar-refractivity contribution is 0.114. The number of aliphatic hydroxyl groups excluding tert-OH is 1. The van der Waals surface area contributed by atoms with E-state index in [2.05, 4.69) is 52.8 Å². The number of piperidine rings is 1. The standard InChI is InChI=1S/C15H20INO/c1-17-12-6-7-15(17)14(9-18)13(8-12)10-2-4-11(16)5-3-10/h2,4-5,12,14-15,18H,3,6-9H2,1H3/b13-10-. The number of hydrogen-bond acceptors (Lipinski definition) is 2. The van der Waals surface area contributed by atoms with Crippen molar-refractivity contribution in [3.05, 3.63) is 33.0 Å². The second-order valence-corrected chi connectivity index (χ2v) is 6.88. The number of hydrogen-bond donors (Lipinski definition) is 1. The summed E-state index contributed by atoms with van der Waals surface area (Å²) in [5.41, 5.74) is 2.99. The summed E-state index contributed by atoms with van der Waals surface area (Å²) in [6.45, 7) is 0.301. The van der Waals surface area contributed by atoms with E-state index in [-0.39, 0.29) is 0 Å². The quantitative estimate of drug-likeness (QED) is 0.730. The van der Waals surface area contributed by atoms with E-state index in [0.29, 0.717) is 24.6 Å². The number of allylic oxidation sites excluding steroid dienone is 5. The van der Waals surface area contributed by atoms with Gasteiger partial charge in [-0.2, -0.15) is 0 Å². The molecule has 2 aliphatic heterocycles. The molecule has 2 heterocycles. The molecule has 0 spiro atoms. The van der Waals surface area contributed by atoms with Crippen molar-refractivity contribution in [2.24, 2.45) is 5.92 Å². The molecular weight excluding hydrogens is 337 g/mol. The number of nitrogens with zero attached hydrogens (tertiary/aromatic N) is 1. The van der Waals surface area contributed by atoms with Crippen molar-refractivity contribution in [2.75, 3.05) is 13.7 Å². The van der Waals surface area contributed by atoms with Gasteiger partial charge in [0.1, 0.15) is 0 Å². The van der Waals surface area contributed by atoms with Crippen LogP contribution in [0.25, 0.3) is 0 Å². The monoisotopic (exact) mass is 357 g/mol. The van der Waals surface area contributed by atoms with Gasteiger partial charge in [-0.15, -0.1) is 0 Å². The van der Waals surface area contributed by atoms with Gasteiger partial charge in [-0.05, 0) is 67.0 Å². The van der Waals surface area contributed by atoms with E-state index in [1.54, 1.807) is 0 Å². The van der Waals surface area contributed by atoms with Gasteiger partial charge in [0.05, 0.1) is 6.61 Å². The molecule has 0 amide bonds. The molecule has 3 unspecified atom stereocenters. The highest BCUT2D eigenvalue weighted by Crippen LogP contribution is 2.43. The zero-order valence-electron chi connectivity index (χ0n) is 10.8. The van der Waals surface area contributed by atoms with E-state index in [1.807, 2.05) is 0 Å². The number of halogens is 1. The lowest BCUT2D eigenvalue weighted by Gasteiger charge is -2.40. The van der Waals surface area contributed by atoms with Gasteiger partial charge in [0.15, 0.2) is 0 Å². The van der Waals surface area contributed by atoms with Crippen LogP contribution in [0.15, 0.2) is 33.0 Å². The van der Waals surface area contributed by atoms with Crippen molar-refractivity contribution in [2.45, 2.75) is 37.8 Å². The Morgan fingerprint density at radius 1 is 1.39 bits per heavy atom. The summed E-state index contributed by atoms with van der Waals surface area (Å²) in [5, 5.41) is 9.78. The molecular formula is C15H20INO. The normalized spacial score (nSPS) is 40.2. The molecule has 0 saturated carbocycles. The van der Waals surface area contributed by atoms with Crippen LogP contribution in [0.3, 0.4) is 0 Å². The van der Waals surface area contributed by atoms with E-state index in [1.165, 1.54) is 27.6 Å². The van der Waals surface area contributed by atoms with Gasteiger partial charge in [0.25, 0.3) is 0 Å². The molecule has 3 atom stereocenters. The molecule has 2 fully saturated rings.